The number of benzene rings is 2. The molecule has 0 saturated heterocycles. The summed E-state index contributed by atoms with van der Waals surface area (Å²) >= 11 is 13.2. The van der Waals surface area contributed by atoms with E-state index in [0.29, 0.717) is 5.78 Å². The maximum absolute atomic E-state index is 14.3. The molecule has 0 aliphatic heterocycles. The maximum atomic E-state index is 14.3. The summed E-state index contributed by atoms with van der Waals surface area (Å²) in [5.74, 6) is 0.348. The van der Waals surface area contributed by atoms with Crippen molar-refractivity contribution in [2.24, 2.45) is 0 Å². The van der Waals surface area contributed by atoms with Crippen molar-refractivity contribution in [1.82, 2.24) is 0 Å². The van der Waals surface area contributed by atoms with Gasteiger partial charge in [0.2, 0.25) is 0 Å². The fourth-order valence-electron chi connectivity index (χ4n) is 5.35. The SMILES string of the molecule is O=C(C1(c2ccccc2Cl)CCCC1)C1(c2ccccc2Cl)CCCC1. The molecule has 2 aromatic rings. The minimum atomic E-state index is -0.470. The van der Waals surface area contributed by atoms with E-state index in [4.69, 9.17) is 23.2 Å². The average molecular weight is 387 g/mol. The molecule has 2 saturated carbocycles. The molecule has 2 fully saturated rings. The number of halogens is 2. The molecular formula is C23H24Cl2O. The fourth-order valence-corrected chi connectivity index (χ4v) is 5.98. The van der Waals surface area contributed by atoms with Crippen LogP contribution in [0.1, 0.15) is 62.5 Å². The molecule has 0 heterocycles. The minimum absolute atomic E-state index is 0.348. The van der Waals surface area contributed by atoms with Gasteiger partial charge in [0.15, 0.2) is 5.78 Å². The van der Waals surface area contributed by atoms with Crippen LogP contribution in [0.5, 0.6) is 0 Å². The number of carbonyl (C=O) groups excluding carboxylic acids is 1. The molecule has 4 rings (SSSR count). The lowest BCUT2D eigenvalue weighted by atomic mass is 9.62. The highest BCUT2D eigenvalue weighted by atomic mass is 35.5. The highest BCUT2D eigenvalue weighted by Crippen LogP contribution is 2.54. The molecule has 2 aliphatic carbocycles. The first-order valence-electron chi connectivity index (χ1n) is 9.65. The van der Waals surface area contributed by atoms with E-state index >= 15 is 0 Å². The summed E-state index contributed by atoms with van der Waals surface area (Å²) in [5, 5.41) is 1.44. The summed E-state index contributed by atoms with van der Waals surface area (Å²) in [6, 6.07) is 15.8. The number of carbonyl (C=O) groups is 1. The minimum Gasteiger partial charge on any atom is -0.298 e. The molecule has 0 atom stereocenters. The van der Waals surface area contributed by atoms with Crippen LogP contribution in [-0.4, -0.2) is 5.78 Å². The molecule has 26 heavy (non-hydrogen) atoms. The van der Waals surface area contributed by atoms with Crippen LogP contribution in [0.2, 0.25) is 10.0 Å². The van der Waals surface area contributed by atoms with Gasteiger partial charge in [-0.05, 0) is 48.9 Å². The number of hydrogen-bond acceptors (Lipinski definition) is 1. The lowest BCUT2D eigenvalue weighted by Crippen LogP contribution is -2.47. The third kappa shape index (κ3) is 2.72. The first kappa shape index (κ1) is 18.1. The number of rotatable bonds is 4. The fraction of sp³-hybridized carbons (Fsp3) is 0.435. The van der Waals surface area contributed by atoms with Crippen LogP contribution in [0.25, 0.3) is 0 Å². The Morgan fingerprint density at radius 3 is 1.35 bits per heavy atom. The van der Waals surface area contributed by atoms with E-state index in [9.17, 15) is 4.79 Å². The van der Waals surface area contributed by atoms with Gasteiger partial charge in [-0.25, -0.2) is 0 Å². The second kappa shape index (κ2) is 7.02. The zero-order valence-corrected chi connectivity index (χ0v) is 16.5. The Morgan fingerprint density at radius 1 is 0.654 bits per heavy atom. The number of hydrogen-bond donors (Lipinski definition) is 0. The van der Waals surface area contributed by atoms with Crippen molar-refractivity contribution in [3.8, 4) is 0 Å². The van der Waals surface area contributed by atoms with Crippen LogP contribution >= 0.6 is 23.2 Å². The lowest BCUT2D eigenvalue weighted by molar-refractivity contribution is -0.130. The summed E-state index contributed by atoms with van der Waals surface area (Å²) in [6.45, 7) is 0. The predicted molar refractivity (Wildman–Crippen MR) is 108 cm³/mol. The van der Waals surface area contributed by atoms with Crippen LogP contribution < -0.4 is 0 Å². The Bertz CT molecular complexity index is 747. The average Bonchev–Trinajstić information content (AvgIpc) is 3.33. The molecule has 0 spiro atoms. The Balaban J connectivity index is 1.88. The van der Waals surface area contributed by atoms with E-state index in [0.717, 1.165) is 72.5 Å². The van der Waals surface area contributed by atoms with Gasteiger partial charge in [0.1, 0.15) is 0 Å². The summed E-state index contributed by atoms with van der Waals surface area (Å²) in [6.07, 6.45) is 7.88. The van der Waals surface area contributed by atoms with E-state index in [1.165, 1.54) is 0 Å². The molecule has 0 bridgehead atoms. The quantitative estimate of drug-likeness (QED) is 0.558. The third-order valence-corrected chi connectivity index (χ3v) is 7.22. The van der Waals surface area contributed by atoms with Gasteiger partial charge in [0.05, 0.1) is 10.8 Å². The predicted octanol–water partition coefficient (Wildman–Crippen LogP) is 6.89. The van der Waals surface area contributed by atoms with Crippen molar-refractivity contribution in [3.05, 3.63) is 69.7 Å². The molecule has 2 aromatic carbocycles. The van der Waals surface area contributed by atoms with Gasteiger partial charge in [0.25, 0.3) is 0 Å². The zero-order chi connectivity index (χ0) is 18.2. The van der Waals surface area contributed by atoms with Crippen molar-refractivity contribution in [1.29, 1.82) is 0 Å². The third-order valence-electron chi connectivity index (χ3n) is 6.56. The van der Waals surface area contributed by atoms with E-state index in [-0.39, 0.29) is 0 Å². The molecule has 0 aromatic heterocycles. The van der Waals surface area contributed by atoms with Crippen LogP contribution in [-0.2, 0) is 15.6 Å². The van der Waals surface area contributed by atoms with Crippen molar-refractivity contribution in [2.45, 2.75) is 62.2 Å². The molecule has 136 valence electrons. The Kier molecular flexibility index (Phi) is 4.88. The smallest absolute Gasteiger partial charge is 0.153 e. The zero-order valence-electron chi connectivity index (χ0n) is 14.9. The van der Waals surface area contributed by atoms with Crippen molar-refractivity contribution < 1.29 is 4.79 Å². The van der Waals surface area contributed by atoms with Gasteiger partial charge >= 0.3 is 0 Å². The second-order valence-electron chi connectivity index (χ2n) is 7.87. The number of ketones is 1. The summed E-state index contributed by atoms with van der Waals surface area (Å²) in [7, 11) is 0. The van der Waals surface area contributed by atoms with Crippen LogP contribution in [0.3, 0.4) is 0 Å². The molecular weight excluding hydrogens is 363 g/mol. The first-order valence-corrected chi connectivity index (χ1v) is 10.4. The summed E-state index contributed by atoms with van der Waals surface area (Å²) in [5.41, 5.74) is 1.09. The van der Waals surface area contributed by atoms with Gasteiger partial charge in [-0.2, -0.15) is 0 Å². The Morgan fingerprint density at radius 2 is 1.00 bits per heavy atom. The normalized spacial score (nSPS) is 21.0. The monoisotopic (exact) mass is 386 g/mol. The molecule has 1 nitrogen and oxygen atoms in total. The van der Waals surface area contributed by atoms with Gasteiger partial charge in [-0.15, -0.1) is 0 Å². The Labute approximate surface area is 165 Å². The van der Waals surface area contributed by atoms with Crippen molar-refractivity contribution >= 4 is 29.0 Å². The highest BCUT2D eigenvalue weighted by molar-refractivity contribution is 6.32. The second-order valence-corrected chi connectivity index (χ2v) is 8.68. The van der Waals surface area contributed by atoms with Gasteiger partial charge in [0, 0.05) is 10.0 Å². The largest absolute Gasteiger partial charge is 0.298 e. The van der Waals surface area contributed by atoms with Gasteiger partial charge in [-0.3, -0.25) is 4.79 Å². The van der Waals surface area contributed by atoms with Crippen molar-refractivity contribution in [3.63, 3.8) is 0 Å². The molecule has 0 N–H and O–H groups in total. The molecule has 2 aliphatic rings. The molecule has 3 heteroatoms. The van der Waals surface area contributed by atoms with E-state index in [1.54, 1.807) is 0 Å². The summed E-state index contributed by atoms with van der Waals surface area (Å²) < 4.78 is 0. The Hall–Kier alpha value is -1.31. The summed E-state index contributed by atoms with van der Waals surface area (Å²) in [4.78, 5) is 14.3. The molecule has 0 radical (unpaired) electrons. The van der Waals surface area contributed by atoms with Crippen LogP contribution in [0.4, 0.5) is 0 Å². The lowest BCUT2D eigenvalue weighted by Gasteiger charge is -2.39. The van der Waals surface area contributed by atoms with E-state index in [2.05, 4.69) is 12.1 Å². The first-order chi connectivity index (χ1) is 12.6. The van der Waals surface area contributed by atoms with Gasteiger partial charge in [-0.1, -0.05) is 85.3 Å². The standard InChI is InChI=1S/C23H24Cl2O/c24-19-11-3-1-9-17(19)22(13-5-6-14-22)21(26)23(15-7-8-16-23)18-10-2-4-12-20(18)25/h1-4,9-12H,5-8,13-16H2. The molecule has 0 amide bonds. The van der Waals surface area contributed by atoms with E-state index < -0.39 is 10.8 Å². The van der Waals surface area contributed by atoms with Crippen LogP contribution in [0.15, 0.2) is 48.5 Å². The van der Waals surface area contributed by atoms with Crippen LogP contribution in [0, 0.1) is 0 Å². The topological polar surface area (TPSA) is 17.1 Å². The number of Topliss-reactive ketones (excluding diaryl/α,β-unsaturated/α-hetero) is 1. The molecule has 0 unspecified atom stereocenters. The van der Waals surface area contributed by atoms with E-state index in [1.807, 2.05) is 36.4 Å². The van der Waals surface area contributed by atoms with Crippen molar-refractivity contribution in [2.75, 3.05) is 0 Å². The highest BCUT2D eigenvalue weighted by Gasteiger charge is 2.54. The maximum Gasteiger partial charge on any atom is 0.153 e. The van der Waals surface area contributed by atoms with Gasteiger partial charge < -0.3 is 0 Å².